The number of nitrogens with zero attached hydrogens (tertiary/aromatic N) is 2. The van der Waals surface area contributed by atoms with E-state index in [1.54, 1.807) is 24.3 Å². The van der Waals surface area contributed by atoms with Gasteiger partial charge in [-0.1, -0.05) is 0 Å². The fourth-order valence-electron chi connectivity index (χ4n) is 2.27. The van der Waals surface area contributed by atoms with Gasteiger partial charge in [0.15, 0.2) is 6.61 Å². The van der Waals surface area contributed by atoms with Crippen LogP contribution in [0.1, 0.15) is 15.9 Å². The highest BCUT2D eigenvalue weighted by Crippen LogP contribution is 2.29. The number of nitrogens with one attached hydrogen (secondary N) is 1. The first-order valence-corrected chi connectivity index (χ1v) is 7.77. The lowest BCUT2D eigenvalue weighted by atomic mass is 10.1. The maximum atomic E-state index is 12.1. The Kier molecular flexibility index (Phi) is 6.22. The maximum Gasteiger partial charge on any atom is 0.339 e. The quantitative estimate of drug-likeness (QED) is 0.431. The van der Waals surface area contributed by atoms with Gasteiger partial charge in [0.2, 0.25) is 0 Å². The summed E-state index contributed by atoms with van der Waals surface area (Å²) in [5.41, 5.74) is -1.35. The van der Waals surface area contributed by atoms with Gasteiger partial charge in [-0.15, -0.1) is 0 Å². The number of carbonyl (C=O) groups excluding carboxylic acids is 2. The minimum absolute atomic E-state index is 0.191. The number of amides is 1. The van der Waals surface area contributed by atoms with Crippen molar-refractivity contribution in [1.29, 1.82) is 0 Å². The Morgan fingerprint density at radius 3 is 2.04 bits per heavy atom. The summed E-state index contributed by atoms with van der Waals surface area (Å²) < 4.78 is 9.78. The number of anilines is 1. The third kappa shape index (κ3) is 4.78. The molecule has 2 aromatic rings. The highest BCUT2D eigenvalue weighted by Gasteiger charge is 2.26. The van der Waals surface area contributed by atoms with E-state index >= 15 is 0 Å². The summed E-state index contributed by atoms with van der Waals surface area (Å²) in [6.07, 6.45) is 0. The lowest BCUT2D eigenvalue weighted by Crippen LogP contribution is -2.21. The van der Waals surface area contributed by atoms with Crippen molar-refractivity contribution < 1.29 is 28.9 Å². The number of hydrogen-bond donors (Lipinski definition) is 1. The molecule has 0 saturated heterocycles. The molecule has 0 spiro atoms. The number of nitro benzene ring substituents is 2. The first-order valence-electron chi connectivity index (χ1n) is 7.77. The van der Waals surface area contributed by atoms with Crippen LogP contribution in [-0.2, 0) is 9.53 Å². The molecular weight excluding hydrogens is 374 g/mol. The number of hydrogen-bond acceptors (Lipinski definition) is 8. The van der Waals surface area contributed by atoms with Gasteiger partial charge in [0.25, 0.3) is 17.3 Å². The topological polar surface area (TPSA) is 151 Å². The van der Waals surface area contributed by atoms with E-state index in [4.69, 9.17) is 9.47 Å². The number of carbonyl (C=O) groups is 2. The fraction of sp³-hybridized carbons (Fsp3) is 0.176. The first-order chi connectivity index (χ1) is 13.2. The van der Waals surface area contributed by atoms with Gasteiger partial charge in [-0.3, -0.25) is 25.0 Å². The van der Waals surface area contributed by atoms with E-state index in [1.807, 2.05) is 0 Å². The van der Waals surface area contributed by atoms with Crippen molar-refractivity contribution in [2.75, 3.05) is 19.0 Å². The summed E-state index contributed by atoms with van der Waals surface area (Å²) in [4.78, 5) is 44.4. The molecule has 0 bridgehead atoms. The minimum atomic E-state index is -1.10. The van der Waals surface area contributed by atoms with Crippen LogP contribution in [-0.4, -0.2) is 35.4 Å². The highest BCUT2D eigenvalue weighted by atomic mass is 16.6. The third-order valence-corrected chi connectivity index (χ3v) is 3.69. The number of ether oxygens (including phenoxy) is 2. The molecule has 28 heavy (non-hydrogen) atoms. The van der Waals surface area contributed by atoms with Gasteiger partial charge in [0.1, 0.15) is 11.3 Å². The van der Waals surface area contributed by atoms with Crippen molar-refractivity contribution in [1.82, 2.24) is 0 Å². The molecule has 0 saturated carbocycles. The van der Waals surface area contributed by atoms with Gasteiger partial charge in [-0.25, -0.2) is 4.79 Å². The normalized spacial score (nSPS) is 10.1. The Balaban J connectivity index is 2.08. The Bertz CT molecular complexity index is 905. The van der Waals surface area contributed by atoms with Crippen molar-refractivity contribution in [3.8, 4) is 5.75 Å². The molecule has 0 aliphatic rings. The van der Waals surface area contributed by atoms with E-state index in [0.29, 0.717) is 11.4 Å². The Morgan fingerprint density at radius 2 is 1.57 bits per heavy atom. The molecule has 2 aromatic carbocycles. The van der Waals surface area contributed by atoms with E-state index in [0.717, 1.165) is 12.1 Å². The zero-order valence-corrected chi connectivity index (χ0v) is 14.8. The second-order valence-corrected chi connectivity index (χ2v) is 5.51. The molecule has 146 valence electrons. The second kappa shape index (κ2) is 8.58. The number of benzene rings is 2. The standard InChI is InChI=1S/C17H15N3O8/c1-10-14(19(23)24)7-11(8-15(10)20(25)26)17(22)28-9-16(21)18-12-3-5-13(27-2)6-4-12/h3-8H,9H2,1-2H3,(H,18,21). The van der Waals surface area contributed by atoms with Gasteiger partial charge in [0.05, 0.1) is 22.5 Å². The molecule has 0 aromatic heterocycles. The number of methoxy groups -OCH3 is 1. The average molecular weight is 389 g/mol. The summed E-state index contributed by atoms with van der Waals surface area (Å²) in [5, 5.41) is 24.6. The van der Waals surface area contributed by atoms with Crippen LogP contribution in [0.25, 0.3) is 0 Å². The van der Waals surface area contributed by atoms with Crippen LogP contribution in [0.5, 0.6) is 5.75 Å². The van der Waals surface area contributed by atoms with Crippen LogP contribution in [0.15, 0.2) is 36.4 Å². The lowest BCUT2D eigenvalue weighted by Gasteiger charge is -2.08. The third-order valence-electron chi connectivity index (χ3n) is 3.69. The van der Waals surface area contributed by atoms with Crippen molar-refractivity contribution in [2.45, 2.75) is 6.92 Å². The van der Waals surface area contributed by atoms with Crippen molar-refractivity contribution in [3.63, 3.8) is 0 Å². The summed E-state index contributed by atoms with van der Waals surface area (Å²) >= 11 is 0. The highest BCUT2D eigenvalue weighted by molar-refractivity contribution is 5.96. The van der Waals surface area contributed by atoms with Crippen LogP contribution in [0, 0.1) is 27.2 Å². The number of esters is 1. The van der Waals surface area contributed by atoms with Gasteiger partial charge < -0.3 is 14.8 Å². The van der Waals surface area contributed by atoms with E-state index in [2.05, 4.69) is 5.32 Å². The van der Waals surface area contributed by atoms with E-state index in [9.17, 15) is 29.8 Å². The molecule has 1 N–H and O–H groups in total. The predicted octanol–water partition coefficient (Wildman–Crippen LogP) is 2.62. The zero-order valence-electron chi connectivity index (χ0n) is 14.8. The summed E-state index contributed by atoms with van der Waals surface area (Å²) in [7, 11) is 1.49. The van der Waals surface area contributed by atoms with Crippen molar-refractivity contribution in [3.05, 3.63) is 67.8 Å². The van der Waals surface area contributed by atoms with Crippen LogP contribution < -0.4 is 10.1 Å². The minimum Gasteiger partial charge on any atom is -0.497 e. The molecule has 2 rings (SSSR count). The van der Waals surface area contributed by atoms with Gasteiger partial charge in [0, 0.05) is 17.8 Å². The van der Waals surface area contributed by atoms with Crippen molar-refractivity contribution >= 4 is 28.9 Å². The molecule has 0 radical (unpaired) electrons. The molecule has 1 amide bonds. The SMILES string of the molecule is COc1ccc(NC(=O)COC(=O)c2cc([N+](=O)[O-])c(C)c([N+](=O)[O-])c2)cc1. The molecule has 0 aliphatic carbocycles. The van der Waals surface area contributed by atoms with Gasteiger partial charge in [-0.2, -0.15) is 0 Å². The largest absolute Gasteiger partial charge is 0.497 e. The first kappa shape index (κ1) is 20.3. The molecule has 0 atom stereocenters. The molecular formula is C17H15N3O8. The summed E-state index contributed by atoms with van der Waals surface area (Å²) in [6.45, 7) is 0.522. The molecule has 0 heterocycles. The number of rotatable bonds is 7. The van der Waals surface area contributed by atoms with Gasteiger partial charge in [-0.05, 0) is 31.2 Å². The molecule has 0 aliphatic heterocycles. The lowest BCUT2D eigenvalue weighted by molar-refractivity contribution is -0.395. The predicted molar refractivity (Wildman–Crippen MR) is 96.4 cm³/mol. The monoisotopic (exact) mass is 389 g/mol. The van der Waals surface area contributed by atoms with Gasteiger partial charge >= 0.3 is 5.97 Å². The van der Waals surface area contributed by atoms with E-state index in [1.165, 1.54) is 14.0 Å². The Hall–Kier alpha value is -4.02. The molecule has 0 unspecified atom stereocenters. The maximum absolute atomic E-state index is 12.1. The summed E-state index contributed by atoms with van der Waals surface area (Å²) in [5.74, 6) is -1.17. The van der Waals surface area contributed by atoms with Crippen molar-refractivity contribution in [2.24, 2.45) is 0 Å². The number of nitro groups is 2. The second-order valence-electron chi connectivity index (χ2n) is 5.51. The molecule has 11 nitrogen and oxygen atoms in total. The summed E-state index contributed by atoms with van der Waals surface area (Å²) in [6, 6.07) is 8.12. The molecule has 11 heteroatoms. The van der Waals surface area contributed by atoms with E-state index < -0.39 is 45.3 Å². The van der Waals surface area contributed by atoms with Crippen LogP contribution in [0.4, 0.5) is 17.1 Å². The fourth-order valence-corrected chi connectivity index (χ4v) is 2.27. The average Bonchev–Trinajstić information content (AvgIpc) is 2.66. The smallest absolute Gasteiger partial charge is 0.339 e. The zero-order chi connectivity index (χ0) is 20.8. The van der Waals surface area contributed by atoms with Crippen LogP contribution in [0.3, 0.4) is 0 Å². The van der Waals surface area contributed by atoms with E-state index in [-0.39, 0.29) is 5.56 Å². The Morgan fingerprint density at radius 1 is 1.04 bits per heavy atom. The molecule has 0 fully saturated rings. The van der Waals surface area contributed by atoms with Crippen LogP contribution in [0.2, 0.25) is 0 Å². The van der Waals surface area contributed by atoms with Crippen LogP contribution >= 0.6 is 0 Å². The Labute approximate surface area is 158 Å².